The molecular weight excluding hydrogens is 241 g/mol. The van der Waals surface area contributed by atoms with Crippen LogP contribution in [0.4, 0.5) is 0 Å². The topological polar surface area (TPSA) is 12.9 Å². The third-order valence-corrected chi connectivity index (χ3v) is 2.81. The third-order valence-electron chi connectivity index (χ3n) is 2.15. The third kappa shape index (κ3) is 2.63. The highest BCUT2D eigenvalue weighted by Gasteiger charge is 2.00. The van der Waals surface area contributed by atoms with Crippen LogP contribution >= 0.6 is 23.2 Å². The van der Waals surface area contributed by atoms with Crippen LogP contribution < -0.4 is 0 Å². The lowest BCUT2D eigenvalue weighted by molar-refractivity contribution is 1.32. The van der Waals surface area contributed by atoms with Gasteiger partial charge in [0.25, 0.3) is 0 Å². The lowest BCUT2D eigenvalue weighted by atomic mass is 10.1. The predicted octanol–water partition coefficient (Wildman–Crippen LogP) is 4.56. The van der Waals surface area contributed by atoms with Gasteiger partial charge in [-0.2, -0.15) is 0 Å². The maximum Gasteiger partial charge on any atom is 0.0493 e. The van der Waals surface area contributed by atoms with Crippen LogP contribution in [0.3, 0.4) is 0 Å². The number of rotatable bonds is 2. The van der Waals surface area contributed by atoms with Crippen molar-refractivity contribution in [3.05, 3.63) is 63.9 Å². The van der Waals surface area contributed by atoms with Gasteiger partial charge in [-0.05, 0) is 29.8 Å². The van der Waals surface area contributed by atoms with Gasteiger partial charge in [0.15, 0.2) is 0 Å². The molecule has 0 bridgehead atoms. The number of benzene rings is 1. The van der Waals surface area contributed by atoms with Crippen LogP contribution in [0.15, 0.2) is 42.7 Å². The Morgan fingerprint density at radius 2 is 1.50 bits per heavy atom. The monoisotopic (exact) mass is 249 g/mol. The SMILES string of the molecule is Clc1cccc(Cl)c1C=Cc1ccncc1. The molecule has 0 aliphatic rings. The summed E-state index contributed by atoms with van der Waals surface area (Å²) in [5.41, 5.74) is 1.90. The van der Waals surface area contributed by atoms with E-state index >= 15 is 0 Å². The Labute approximate surface area is 104 Å². The van der Waals surface area contributed by atoms with Gasteiger partial charge < -0.3 is 0 Å². The van der Waals surface area contributed by atoms with Crippen LogP contribution in [-0.4, -0.2) is 4.98 Å². The zero-order valence-electron chi connectivity index (χ0n) is 8.40. The maximum atomic E-state index is 6.05. The van der Waals surface area contributed by atoms with Gasteiger partial charge >= 0.3 is 0 Å². The molecule has 0 atom stereocenters. The Morgan fingerprint density at radius 3 is 2.12 bits per heavy atom. The van der Waals surface area contributed by atoms with Crippen LogP contribution in [0.1, 0.15) is 11.1 Å². The van der Waals surface area contributed by atoms with E-state index in [1.807, 2.05) is 42.5 Å². The van der Waals surface area contributed by atoms with Gasteiger partial charge in [0.2, 0.25) is 0 Å². The summed E-state index contributed by atoms with van der Waals surface area (Å²) in [6.45, 7) is 0. The number of halogens is 2. The van der Waals surface area contributed by atoms with E-state index < -0.39 is 0 Å². The van der Waals surface area contributed by atoms with Gasteiger partial charge in [0.05, 0.1) is 0 Å². The molecule has 1 nitrogen and oxygen atoms in total. The van der Waals surface area contributed by atoms with E-state index in [1.54, 1.807) is 12.4 Å². The lowest BCUT2D eigenvalue weighted by Crippen LogP contribution is -1.77. The molecule has 0 saturated carbocycles. The normalized spacial score (nSPS) is 10.9. The quantitative estimate of drug-likeness (QED) is 0.761. The molecule has 16 heavy (non-hydrogen) atoms. The number of nitrogens with zero attached hydrogens (tertiary/aromatic N) is 1. The van der Waals surface area contributed by atoms with E-state index in [0.717, 1.165) is 11.1 Å². The van der Waals surface area contributed by atoms with Crippen molar-refractivity contribution >= 4 is 35.4 Å². The minimum Gasteiger partial charge on any atom is -0.265 e. The highest BCUT2D eigenvalue weighted by Crippen LogP contribution is 2.26. The molecule has 2 rings (SSSR count). The Kier molecular flexibility index (Phi) is 3.60. The summed E-state index contributed by atoms with van der Waals surface area (Å²) in [6, 6.07) is 9.30. The molecule has 1 aromatic carbocycles. The number of hydrogen-bond donors (Lipinski definition) is 0. The van der Waals surface area contributed by atoms with Crippen LogP contribution in [-0.2, 0) is 0 Å². The summed E-state index contributed by atoms with van der Waals surface area (Å²) in [4.78, 5) is 3.95. The smallest absolute Gasteiger partial charge is 0.0493 e. The minimum atomic E-state index is 0.651. The van der Waals surface area contributed by atoms with Crippen molar-refractivity contribution in [1.82, 2.24) is 4.98 Å². The summed E-state index contributed by atoms with van der Waals surface area (Å²) in [5, 5.41) is 1.30. The van der Waals surface area contributed by atoms with E-state index in [4.69, 9.17) is 23.2 Å². The highest BCUT2D eigenvalue weighted by molar-refractivity contribution is 6.37. The molecule has 0 radical (unpaired) electrons. The van der Waals surface area contributed by atoms with E-state index in [2.05, 4.69) is 4.98 Å². The van der Waals surface area contributed by atoms with E-state index in [9.17, 15) is 0 Å². The van der Waals surface area contributed by atoms with Crippen LogP contribution in [0.5, 0.6) is 0 Å². The molecule has 2 aromatic rings. The zero-order chi connectivity index (χ0) is 11.4. The molecular formula is C13H9Cl2N. The van der Waals surface area contributed by atoms with Crippen molar-refractivity contribution in [2.24, 2.45) is 0 Å². The fourth-order valence-electron chi connectivity index (χ4n) is 1.32. The van der Waals surface area contributed by atoms with Crippen molar-refractivity contribution in [3.63, 3.8) is 0 Å². The van der Waals surface area contributed by atoms with Crippen molar-refractivity contribution in [3.8, 4) is 0 Å². The maximum absolute atomic E-state index is 6.05. The highest BCUT2D eigenvalue weighted by atomic mass is 35.5. The summed E-state index contributed by atoms with van der Waals surface area (Å²) < 4.78 is 0. The Bertz CT molecular complexity index is 486. The average Bonchev–Trinajstić information content (AvgIpc) is 2.30. The zero-order valence-corrected chi connectivity index (χ0v) is 9.91. The second-order valence-electron chi connectivity index (χ2n) is 3.25. The average molecular weight is 250 g/mol. The van der Waals surface area contributed by atoms with Crippen molar-refractivity contribution in [1.29, 1.82) is 0 Å². The van der Waals surface area contributed by atoms with Crippen LogP contribution in [0.25, 0.3) is 12.2 Å². The Morgan fingerprint density at radius 1 is 0.875 bits per heavy atom. The summed E-state index contributed by atoms with van der Waals surface area (Å²) in [7, 11) is 0. The van der Waals surface area contributed by atoms with Crippen LogP contribution in [0.2, 0.25) is 10.0 Å². The van der Waals surface area contributed by atoms with E-state index in [-0.39, 0.29) is 0 Å². The van der Waals surface area contributed by atoms with Crippen molar-refractivity contribution < 1.29 is 0 Å². The fraction of sp³-hybridized carbons (Fsp3) is 0. The summed E-state index contributed by atoms with van der Waals surface area (Å²) in [6.07, 6.45) is 7.34. The first-order valence-electron chi connectivity index (χ1n) is 4.79. The molecule has 0 spiro atoms. The predicted molar refractivity (Wildman–Crippen MR) is 69.6 cm³/mol. The number of aromatic nitrogens is 1. The van der Waals surface area contributed by atoms with Crippen molar-refractivity contribution in [2.75, 3.05) is 0 Å². The Balaban J connectivity index is 2.31. The molecule has 0 saturated heterocycles. The molecule has 3 heteroatoms. The largest absolute Gasteiger partial charge is 0.265 e. The van der Waals surface area contributed by atoms with E-state index in [0.29, 0.717) is 10.0 Å². The van der Waals surface area contributed by atoms with Gasteiger partial charge in [0, 0.05) is 28.0 Å². The lowest BCUT2D eigenvalue weighted by Gasteiger charge is -2.00. The van der Waals surface area contributed by atoms with Gasteiger partial charge in [0.1, 0.15) is 0 Å². The molecule has 1 aromatic heterocycles. The molecule has 0 aliphatic carbocycles. The Hall–Kier alpha value is -1.31. The first-order valence-corrected chi connectivity index (χ1v) is 5.55. The van der Waals surface area contributed by atoms with Gasteiger partial charge in [-0.25, -0.2) is 0 Å². The molecule has 80 valence electrons. The van der Waals surface area contributed by atoms with Gasteiger partial charge in [-0.1, -0.05) is 41.4 Å². The molecule has 0 unspecified atom stereocenters. The van der Waals surface area contributed by atoms with Crippen molar-refractivity contribution in [2.45, 2.75) is 0 Å². The summed E-state index contributed by atoms with van der Waals surface area (Å²) in [5.74, 6) is 0. The molecule has 0 amide bonds. The molecule has 0 aliphatic heterocycles. The fourth-order valence-corrected chi connectivity index (χ4v) is 1.85. The first-order chi connectivity index (χ1) is 7.77. The molecule has 0 fully saturated rings. The molecule has 0 N–H and O–H groups in total. The van der Waals surface area contributed by atoms with Gasteiger partial charge in [-0.15, -0.1) is 0 Å². The second kappa shape index (κ2) is 5.15. The summed E-state index contributed by atoms with van der Waals surface area (Å²) >= 11 is 12.1. The minimum absolute atomic E-state index is 0.651. The van der Waals surface area contributed by atoms with Crippen LogP contribution in [0, 0.1) is 0 Å². The van der Waals surface area contributed by atoms with Gasteiger partial charge in [-0.3, -0.25) is 4.98 Å². The first kappa shape index (κ1) is 11.2. The second-order valence-corrected chi connectivity index (χ2v) is 4.06. The number of pyridine rings is 1. The number of hydrogen-bond acceptors (Lipinski definition) is 1. The molecule has 1 heterocycles. The standard InChI is InChI=1S/C13H9Cl2N/c14-12-2-1-3-13(15)11(12)5-4-10-6-8-16-9-7-10/h1-9H. The van der Waals surface area contributed by atoms with E-state index in [1.165, 1.54) is 0 Å².